The molecular weight excluding hydrogens is 258 g/mol. The van der Waals surface area contributed by atoms with Crippen LogP contribution in [0.1, 0.15) is 31.2 Å². The molecule has 0 spiro atoms. The van der Waals surface area contributed by atoms with E-state index in [0.29, 0.717) is 5.06 Å². The van der Waals surface area contributed by atoms with Crippen LogP contribution in [-0.2, 0) is 19.2 Å². The second-order valence-electron chi connectivity index (χ2n) is 4.92. The summed E-state index contributed by atoms with van der Waals surface area (Å²) in [5, 5.41) is 0.598. The van der Waals surface area contributed by atoms with E-state index < -0.39 is 17.8 Å². The first-order chi connectivity index (χ1) is 9.58. The van der Waals surface area contributed by atoms with Crippen molar-refractivity contribution in [3.63, 3.8) is 0 Å². The molecule has 0 atom stereocenters. The van der Waals surface area contributed by atoms with Crippen LogP contribution >= 0.6 is 0 Å². The van der Waals surface area contributed by atoms with Gasteiger partial charge in [0.25, 0.3) is 11.8 Å². The largest absolute Gasteiger partial charge is 0.336 e. The lowest BCUT2D eigenvalue weighted by molar-refractivity contribution is -0.198. The van der Waals surface area contributed by atoms with Gasteiger partial charge < -0.3 is 4.84 Å². The van der Waals surface area contributed by atoms with Gasteiger partial charge in [0.15, 0.2) is 0 Å². The van der Waals surface area contributed by atoms with Crippen LogP contribution in [0.3, 0.4) is 0 Å². The highest BCUT2D eigenvalue weighted by Crippen LogP contribution is 2.31. The van der Waals surface area contributed by atoms with Gasteiger partial charge in [-0.25, -0.2) is 4.79 Å². The molecule has 0 unspecified atom stereocenters. The topological polar surface area (TPSA) is 63.7 Å². The number of hydrogen-bond acceptors (Lipinski definition) is 4. The van der Waals surface area contributed by atoms with E-state index in [1.54, 1.807) is 0 Å². The lowest BCUT2D eigenvalue weighted by atomic mass is 10.2. The summed E-state index contributed by atoms with van der Waals surface area (Å²) < 4.78 is 0. The number of hydrogen-bond donors (Lipinski definition) is 0. The molecule has 1 heterocycles. The van der Waals surface area contributed by atoms with Crippen LogP contribution in [0.2, 0.25) is 0 Å². The maximum absolute atomic E-state index is 11.1. The molecule has 5 heteroatoms. The molecule has 0 bridgehead atoms. The third-order valence-corrected chi connectivity index (χ3v) is 3.04. The SMILES string of the molecule is Cc1ccccc1.O=C(ON1C(=O)CCC1=O)C1CC1. The molecule has 2 fully saturated rings. The van der Waals surface area contributed by atoms with Gasteiger partial charge in [-0.05, 0) is 19.8 Å². The number of carbonyl (C=O) groups excluding carboxylic acids is 3. The van der Waals surface area contributed by atoms with Crippen molar-refractivity contribution in [3.8, 4) is 0 Å². The molecule has 1 aliphatic carbocycles. The van der Waals surface area contributed by atoms with Gasteiger partial charge in [0.2, 0.25) is 0 Å². The molecule has 1 aromatic rings. The fourth-order valence-electron chi connectivity index (χ4n) is 1.68. The first-order valence-electron chi connectivity index (χ1n) is 6.67. The Labute approximate surface area is 117 Å². The number of amides is 2. The van der Waals surface area contributed by atoms with Crippen molar-refractivity contribution in [3.05, 3.63) is 35.9 Å². The molecule has 1 saturated carbocycles. The van der Waals surface area contributed by atoms with Gasteiger partial charge in [-0.15, -0.1) is 5.06 Å². The lowest BCUT2D eigenvalue weighted by Crippen LogP contribution is -2.32. The van der Waals surface area contributed by atoms with Crippen LogP contribution in [0.5, 0.6) is 0 Å². The Morgan fingerprint density at radius 3 is 2.05 bits per heavy atom. The van der Waals surface area contributed by atoms with Gasteiger partial charge in [-0.3, -0.25) is 9.59 Å². The van der Waals surface area contributed by atoms with Crippen molar-refractivity contribution in [2.75, 3.05) is 0 Å². The summed E-state index contributed by atoms with van der Waals surface area (Å²) in [5.74, 6) is -1.39. The van der Waals surface area contributed by atoms with Crippen molar-refractivity contribution in [2.24, 2.45) is 5.92 Å². The molecular formula is C15H17NO4. The van der Waals surface area contributed by atoms with E-state index in [1.165, 1.54) is 5.56 Å². The summed E-state index contributed by atoms with van der Waals surface area (Å²) in [6, 6.07) is 10.3. The molecule has 3 rings (SSSR count). The van der Waals surface area contributed by atoms with Gasteiger partial charge in [0.1, 0.15) is 0 Å². The Kier molecular flexibility index (Phi) is 4.50. The molecule has 1 saturated heterocycles. The predicted octanol–water partition coefficient (Wildman–Crippen LogP) is 2.00. The number of nitrogens with zero attached hydrogens (tertiary/aromatic N) is 1. The molecule has 0 N–H and O–H groups in total. The third-order valence-electron chi connectivity index (χ3n) is 3.04. The number of hydroxylamine groups is 2. The van der Waals surface area contributed by atoms with Crippen LogP contribution in [0.15, 0.2) is 30.3 Å². The Morgan fingerprint density at radius 2 is 1.65 bits per heavy atom. The van der Waals surface area contributed by atoms with Crippen molar-refractivity contribution >= 4 is 17.8 Å². The monoisotopic (exact) mass is 275 g/mol. The zero-order valence-electron chi connectivity index (χ0n) is 11.4. The lowest BCUT2D eigenvalue weighted by Gasteiger charge is -2.11. The van der Waals surface area contributed by atoms with Crippen molar-refractivity contribution in [1.29, 1.82) is 0 Å². The van der Waals surface area contributed by atoms with Crippen LogP contribution < -0.4 is 0 Å². The maximum Gasteiger partial charge on any atom is 0.336 e. The minimum Gasteiger partial charge on any atom is -0.330 e. The maximum atomic E-state index is 11.1. The highest BCUT2D eigenvalue weighted by atomic mass is 16.7. The summed E-state index contributed by atoms with van der Waals surface area (Å²) in [6.45, 7) is 2.08. The van der Waals surface area contributed by atoms with Crippen molar-refractivity contribution < 1.29 is 19.2 Å². The quantitative estimate of drug-likeness (QED) is 0.774. The van der Waals surface area contributed by atoms with E-state index in [0.717, 1.165) is 12.8 Å². The van der Waals surface area contributed by atoms with Crippen molar-refractivity contribution in [1.82, 2.24) is 5.06 Å². The molecule has 106 valence electrons. The van der Waals surface area contributed by atoms with Gasteiger partial charge in [-0.2, -0.15) is 0 Å². The number of rotatable bonds is 2. The van der Waals surface area contributed by atoms with Crippen molar-refractivity contribution in [2.45, 2.75) is 32.6 Å². The number of benzene rings is 1. The summed E-state index contributed by atoms with van der Waals surface area (Å²) in [5.41, 5.74) is 1.32. The minimum atomic E-state index is -0.455. The van der Waals surface area contributed by atoms with E-state index >= 15 is 0 Å². The Hall–Kier alpha value is -2.17. The van der Waals surface area contributed by atoms with Crippen LogP contribution in [0.4, 0.5) is 0 Å². The molecule has 2 amide bonds. The standard InChI is InChI=1S/C8H9NO4.C7H8/c10-6-3-4-7(11)9(6)13-8(12)5-1-2-5;1-7-5-3-2-4-6-7/h5H,1-4H2;2-6H,1H3. The van der Waals surface area contributed by atoms with Crippen LogP contribution in [0.25, 0.3) is 0 Å². The first-order valence-corrected chi connectivity index (χ1v) is 6.67. The van der Waals surface area contributed by atoms with Gasteiger partial charge in [0, 0.05) is 12.8 Å². The Balaban J connectivity index is 0.000000178. The smallest absolute Gasteiger partial charge is 0.330 e. The molecule has 1 aliphatic heterocycles. The van der Waals surface area contributed by atoms with E-state index in [1.807, 2.05) is 18.2 Å². The van der Waals surface area contributed by atoms with E-state index in [2.05, 4.69) is 23.9 Å². The Bertz CT molecular complexity index is 492. The average Bonchev–Trinajstić information content (AvgIpc) is 3.23. The summed E-state index contributed by atoms with van der Waals surface area (Å²) >= 11 is 0. The molecule has 2 aliphatic rings. The number of carbonyl (C=O) groups is 3. The second kappa shape index (κ2) is 6.32. The molecule has 0 radical (unpaired) electrons. The van der Waals surface area contributed by atoms with E-state index in [4.69, 9.17) is 0 Å². The number of aryl methyl sites for hydroxylation is 1. The van der Waals surface area contributed by atoms with E-state index in [-0.39, 0.29) is 18.8 Å². The molecule has 20 heavy (non-hydrogen) atoms. The summed E-state index contributed by atoms with van der Waals surface area (Å²) in [4.78, 5) is 37.7. The second-order valence-corrected chi connectivity index (χ2v) is 4.92. The fraction of sp³-hybridized carbons (Fsp3) is 0.400. The number of imide groups is 1. The van der Waals surface area contributed by atoms with Gasteiger partial charge in [-0.1, -0.05) is 35.9 Å². The van der Waals surface area contributed by atoms with Gasteiger partial charge >= 0.3 is 5.97 Å². The molecule has 1 aromatic carbocycles. The molecule has 5 nitrogen and oxygen atoms in total. The minimum absolute atomic E-state index is 0.0961. The van der Waals surface area contributed by atoms with Crippen LogP contribution in [0, 0.1) is 12.8 Å². The zero-order chi connectivity index (χ0) is 14.5. The summed E-state index contributed by atoms with van der Waals surface area (Å²) in [7, 11) is 0. The highest BCUT2D eigenvalue weighted by Gasteiger charge is 2.38. The fourth-order valence-corrected chi connectivity index (χ4v) is 1.68. The predicted molar refractivity (Wildman–Crippen MR) is 71.1 cm³/mol. The van der Waals surface area contributed by atoms with Gasteiger partial charge in [0.05, 0.1) is 5.92 Å². The normalized spacial score (nSPS) is 17.6. The zero-order valence-corrected chi connectivity index (χ0v) is 11.4. The van der Waals surface area contributed by atoms with E-state index in [9.17, 15) is 14.4 Å². The first kappa shape index (κ1) is 14.2. The Morgan fingerprint density at radius 1 is 1.10 bits per heavy atom. The highest BCUT2D eigenvalue weighted by molar-refractivity contribution is 6.01. The molecule has 0 aromatic heterocycles. The summed E-state index contributed by atoms with van der Waals surface area (Å²) in [6.07, 6.45) is 1.90. The third kappa shape index (κ3) is 3.91. The van der Waals surface area contributed by atoms with Crippen LogP contribution in [-0.4, -0.2) is 22.8 Å². The average molecular weight is 275 g/mol.